The first-order chi connectivity index (χ1) is 23.4. The van der Waals surface area contributed by atoms with E-state index in [0.29, 0.717) is 0 Å². The normalized spacial score (nSPS) is 15.3. The molecule has 3 aromatic carbocycles. The van der Waals surface area contributed by atoms with Crippen molar-refractivity contribution in [1.29, 1.82) is 0 Å². The summed E-state index contributed by atoms with van der Waals surface area (Å²) in [6, 6.07) is 18.9. The monoisotopic (exact) mass is 677 g/mol. The molecule has 49 heavy (non-hydrogen) atoms. The van der Waals surface area contributed by atoms with E-state index in [9.17, 15) is 32.3 Å². The predicted molar refractivity (Wildman–Crippen MR) is 169 cm³/mol. The van der Waals surface area contributed by atoms with Gasteiger partial charge in [0, 0.05) is 13.0 Å². The smallest absolute Gasteiger partial charge is 0.416 e. The molecule has 11 nitrogen and oxygen atoms in total. The molecule has 1 aliphatic heterocycles. The minimum Gasteiger partial charge on any atom is -0.445 e. The highest BCUT2D eigenvalue weighted by Gasteiger charge is 2.35. The molecular formula is C35H34F3N5O6. The number of rotatable bonds is 11. The van der Waals surface area contributed by atoms with Crippen molar-refractivity contribution in [2.45, 2.75) is 58.1 Å². The highest BCUT2D eigenvalue weighted by molar-refractivity contribution is 6.00. The fraction of sp³-hybridized carbons (Fsp3) is 0.314. The van der Waals surface area contributed by atoms with Crippen molar-refractivity contribution in [2.75, 3.05) is 6.54 Å². The first-order valence-corrected chi connectivity index (χ1v) is 15.5. The number of benzene rings is 3. The fourth-order valence-corrected chi connectivity index (χ4v) is 5.40. The number of amides is 3. The molecule has 0 unspecified atom stereocenters. The molecule has 0 spiro atoms. The number of nitrogens with zero attached hydrogens (tertiary/aromatic N) is 3. The van der Waals surface area contributed by atoms with Crippen LogP contribution >= 0.6 is 0 Å². The Morgan fingerprint density at radius 2 is 1.67 bits per heavy atom. The number of nitrogens with one attached hydrogen (secondary N) is 2. The third kappa shape index (κ3) is 9.09. The number of hydrogen-bond acceptors (Lipinski definition) is 8. The van der Waals surface area contributed by atoms with E-state index in [1.54, 1.807) is 26.0 Å². The average Bonchev–Trinajstić information content (AvgIpc) is 3.49. The number of hydrogen-bond donors (Lipinski definition) is 2. The van der Waals surface area contributed by atoms with Crippen LogP contribution in [0.1, 0.15) is 58.2 Å². The lowest BCUT2D eigenvalue weighted by Gasteiger charge is -2.26. The Morgan fingerprint density at radius 3 is 2.39 bits per heavy atom. The van der Waals surface area contributed by atoms with Gasteiger partial charge >= 0.3 is 12.3 Å². The number of Topliss-reactive ketones (excluding diaryl/α,β-unsaturated/α-hetero) is 1. The van der Waals surface area contributed by atoms with Crippen molar-refractivity contribution < 1.29 is 41.6 Å². The van der Waals surface area contributed by atoms with Gasteiger partial charge in [0.05, 0.1) is 24.6 Å². The predicted octanol–water partition coefficient (Wildman–Crippen LogP) is 4.88. The lowest BCUT2D eigenvalue weighted by molar-refractivity contribution is -0.138. The molecule has 256 valence electrons. The van der Waals surface area contributed by atoms with Crippen LogP contribution in [0.5, 0.6) is 0 Å². The molecule has 3 amide bonds. The van der Waals surface area contributed by atoms with Crippen LogP contribution in [0, 0.1) is 5.92 Å². The van der Waals surface area contributed by atoms with Crippen LogP contribution in [0.3, 0.4) is 0 Å². The molecular weight excluding hydrogens is 643 g/mol. The number of halogens is 3. The molecule has 14 heteroatoms. The van der Waals surface area contributed by atoms with Crippen LogP contribution in [-0.4, -0.2) is 57.4 Å². The van der Waals surface area contributed by atoms with Gasteiger partial charge in [-0.25, -0.2) is 4.79 Å². The van der Waals surface area contributed by atoms with Gasteiger partial charge in [0.15, 0.2) is 0 Å². The summed E-state index contributed by atoms with van der Waals surface area (Å²) in [4.78, 5) is 58.5. The van der Waals surface area contributed by atoms with Crippen molar-refractivity contribution in [3.63, 3.8) is 0 Å². The van der Waals surface area contributed by atoms with Gasteiger partial charge in [0.1, 0.15) is 12.6 Å². The highest BCUT2D eigenvalue weighted by Crippen LogP contribution is 2.30. The lowest BCUT2D eigenvalue weighted by Crippen LogP contribution is -2.52. The Kier molecular flexibility index (Phi) is 10.7. The van der Waals surface area contributed by atoms with E-state index in [1.807, 2.05) is 42.5 Å². The minimum absolute atomic E-state index is 0.00796. The molecule has 2 atom stereocenters. The van der Waals surface area contributed by atoms with Crippen LogP contribution < -0.4 is 10.6 Å². The number of carbonyl (C=O) groups is 4. The second-order valence-corrected chi connectivity index (χ2v) is 12.0. The molecule has 0 fully saturated rings. The quantitative estimate of drug-likeness (QED) is 0.214. The molecule has 5 rings (SSSR count). The van der Waals surface area contributed by atoms with Crippen LogP contribution in [-0.2, 0) is 46.5 Å². The molecule has 0 bridgehead atoms. The van der Waals surface area contributed by atoms with Gasteiger partial charge in [0.25, 0.3) is 0 Å². The van der Waals surface area contributed by atoms with Crippen LogP contribution in [0.4, 0.5) is 18.0 Å². The highest BCUT2D eigenvalue weighted by atomic mass is 19.4. The summed E-state index contributed by atoms with van der Waals surface area (Å²) in [5.41, 5.74) is 1.81. The molecule has 0 saturated carbocycles. The van der Waals surface area contributed by atoms with E-state index in [1.165, 1.54) is 17.0 Å². The van der Waals surface area contributed by atoms with E-state index in [0.717, 1.165) is 28.8 Å². The number of aromatic nitrogens is 2. The van der Waals surface area contributed by atoms with E-state index in [-0.39, 0.29) is 43.3 Å². The van der Waals surface area contributed by atoms with Gasteiger partial charge < -0.3 is 24.8 Å². The maximum atomic E-state index is 13.7. The molecule has 0 radical (unpaired) electrons. The molecule has 1 aliphatic rings. The van der Waals surface area contributed by atoms with E-state index in [4.69, 9.17) is 9.26 Å². The van der Waals surface area contributed by atoms with Crippen LogP contribution in [0.25, 0.3) is 0 Å². The zero-order chi connectivity index (χ0) is 35.1. The van der Waals surface area contributed by atoms with Crippen molar-refractivity contribution in [3.05, 3.63) is 118 Å². The minimum atomic E-state index is -4.53. The maximum absolute atomic E-state index is 13.7. The van der Waals surface area contributed by atoms with Crippen molar-refractivity contribution >= 4 is 23.7 Å². The second kappa shape index (κ2) is 15.1. The third-order valence-electron chi connectivity index (χ3n) is 7.92. The molecule has 1 aromatic heterocycles. The molecule has 2 N–H and O–H groups in total. The second-order valence-electron chi connectivity index (χ2n) is 12.0. The summed E-state index contributed by atoms with van der Waals surface area (Å²) < 4.78 is 49.8. The van der Waals surface area contributed by atoms with Crippen molar-refractivity contribution in [3.8, 4) is 0 Å². The standard InChI is InChI=1S/C35H34F3N5O6/c1-21(2)30(31(45)32-41-29(49-42-32)16-23-11-8-14-26(15-23)35(36,37)38)40-28(44)19-43-18-25-13-7-6-12-24(25)17-27(33(43)46)39-34(47)48-20-22-9-4-3-5-10-22/h3-15,21,27,30H,16-20H2,1-2H3,(H,39,47)(H,40,44)/t27-,30-/m0/s1. The fourth-order valence-electron chi connectivity index (χ4n) is 5.40. The Labute approximate surface area is 279 Å². The maximum Gasteiger partial charge on any atom is 0.416 e. The topological polar surface area (TPSA) is 144 Å². The Balaban J connectivity index is 1.25. The summed E-state index contributed by atoms with van der Waals surface area (Å²) in [5.74, 6) is -2.68. The lowest BCUT2D eigenvalue weighted by atomic mass is 9.99. The zero-order valence-electron chi connectivity index (χ0n) is 26.7. The van der Waals surface area contributed by atoms with Crippen LogP contribution in [0.15, 0.2) is 83.4 Å². The van der Waals surface area contributed by atoms with E-state index in [2.05, 4.69) is 20.8 Å². The SMILES string of the molecule is CC(C)[C@H](NC(=O)CN1Cc2ccccc2C[C@H](NC(=O)OCc2ccccc2)C1=O)C(=O)c1noc(Cc2cccc(C(F)(F)F)c2)n1. The molecule has 4 aromatic rings. The number of alkyl halides is 3. The first-order valence-electron chi connectivity index (χ1n) is 15.5. The number of ether oxygens (including phenoxy) is 1. The first kappa shape index (κ1) is 34.8. The van der Waals surface area contributed by atoms with E-state index >= 15 is 0 Å². The summed E-state index contributed by atoms with van der Waals surface area (Å²) in [6.07, 6.45) is -5.27. The van der Waals surface area contributed by atoms with E-state index < -0.39 is 60.0 Å². The van der Waals surface area contributed by atoms with Gasteiger partial charge in [-0.15, -0.1) is 0 Å². The number of alkyl carbamates (subject to hydrolysis) is 1. The summed E-state index contributed by atoms with van der Waals surface area (Å²) in [7, 11) is 0. The number of ketones is 1. The van der Waals surface area contributed by atoms with Gasteiger partial charge in [-0.3, -0.25) is 14.4 Å². The molecule has 0 saturated heterocycles. The van der Waals surface area contributed by atoms with Gasteiger partial charge in [-0.2, -0.15) is 18.2 Å². The summed E-state index contributed by atoms with van der Waals surface area (Å²) in [6.45, 7) is 3.06. The average molecular weight is 678 g/mol. The Bertz CT molecular complexity index is 1810. The largest absolute Gasteiger partial charge is 0.445 e. The zero-order valence-corrected chi connectivity index (χ0v) is 26.7. The van der Waals surface area contributed by atoms with Gasteiger partial charge in [-0.05, 0) is 34.2 Å². The third-order valence-corrected chi connectivity index (χ3v) is 7.92. The summed E-state index contributed by atoms with van der Waals surface area (Å²) in [5, 5.41) is 9.00. The van der Waals surface area contributed by atoms with Crippen molar-refractivity contribution in [2.24, 2.45) is 5.92 Å². The van der Waals surface area contributed by atoms with Crippen LogP contribution in [0.2, 0.25) is 0 Å². The molecule has 2 heterocycles. The number of carbonyl (C=O) groups excluding carboxylic acids is 4. The molecule has 0 aliphatic carbocycles. The summed E-state index contributed by atoms with van der Waals surface area (Å²) >= 11 is 0. The van der Waals surface area contributed by atoms with Crippen molar-refractivity contribution in [1.82, 2.24) is 25.7 Å². The number of fused-ring (bicyclic) bond motifs is 1. The van der Waals surface area contributed by atoms with Gasteiger partial charge in [0.2, 0.25) is 29.3 Å². The Morgan fingerprint density at radius 1 is 0.980 bits per heavy atom. The Hall–Kier alpha value is -5.53. The van der Waals surface area contributed by atoms with Gasteiger partial charge in [-0.1, -0.05) is 91.8 Å².